The minimum atomic E-state index is 0.204. The molecule has 15 heavy (non-hydrogen) atoms. The first kappa shape index (κ1) is 10.3. The van der Waals surface area contributed by atoms with Crippen molar-refractivity contribution in [2.45, 2.75) is 5.03 Å². The monoisotopic (exact) mass is 237 g/mol. The number of thiol groups is 1. The van der Waals surface area contributed by atoms with Crippen LogP contribution >= 0.6 is 24.2 Å². The molecule has 0 fully saturated rings. The minimum absolute atomic E-state index is 0.204. The fraction of sp³-hybridized carbons (Fsp3) is 0. The zero-order chi connectivity index (χ0) is 10.8. The Balaban J connectivity index is 2.60. The molecule has 0 bridgehead atoms. The van der Waals surface area contributed by atoms with Crippen LogP contribution < -0.4 is 5.73 Å². The standard InChI is InChI=1S/C10H8ClN3S/c11-8-4-2-1-3-6(8)7-5-13-10(12)14-9(7)15/h1-5H,(H3,12,13,14,15). The predicted molar refractivity (Wildman–Crippen MR) is 64.1 cm³/mol. The van der Waals surface area contributed by atoms with Gasteiger partial charge in [0.25, 0.3) is 0 Å². The maximum absolute atomic E-state index is 6.05. The van der Waals surface area contributed by atoms with E-state index in [1.54, 1.807) is 12.3 Å². The Morgan fingerprint density at radius 3 is 2.60 bits per heavy atom. The van der Waals surface area contributed by atoms with E-state index in [0.29, 0.717) is 10.0 Å². The number of benzene rings is 1. The van der Waals surface area contributed by atoms with Gasteiger partial charge in [0.2, 0.25) is 5.95 Å². The Bertz CT molecular complexity index is 502. The van der Waals surface area contributed by atoms with E-state index < -0.39 is 0 Å². The fourth-order valence-electron chi connectivity index (χ4n) is 1.26. The van der Waals surface area contributed by atoms with Crippen LogP contribution in [-0.4, -0.2) is 9.97 Å². The number of nitrogens with two attached hydrogens (primary N) is 1. The highest BCUT2D eigenvalue weighted by molar-refractivity contribution is 7.80. The van der Waals surface area contributed by atoms with Crippen LogP contribution in [0.15, 0.2) is 35.5 Å². The van der Waals surface area contributed by atoms with Crippen molar-refractivity contribution in [2.24, 2.45) is 0 Å². The van der Waals surface area contributed by atoms with Crippen LogP contribution in [0.5, 0.6) is 0 Å². The van der Waals surface area contributed by atoms with Crippen LogP contribution in [0.3, 0.4) is 0 Å². The molecule has 5 heteroatoms. The number of halogens is 1. The van der Waals surface area contributed by atoms with E-state index in [0.717, 1.165) is 11.1 Å². The molecular weight excluding hydrogens is 230 g/mol. The summed E-state index contributed by atoms with van der Waals surface area (Å²) < 4.78 is 0. The second-order valence-electron chi connectivity index (χ2n) is 2.95. The predicted octanol–water partition coefficient (Wildman–Crippen LogP) is 2.67. The van der Waals surface area contributed by atoms with Gasteiger partial charge >= 0.3 is 0 Å². The van der Waals surface area contributed by atoms with E-state index in [1.165, 1.54) is 0 Å². The molecule has 1 aromatic heterocycles. The van der Waals surface area contributed by atoms with Gasteiger partial charge in [-0.2, -0.15) is 0 Å². The third-order valence-electron chi connectivity index (χ3n) is 1.95. The number of rotatable bonds is 1. The molecule has 2 rings (SSSR count). The SMILES string of the molecule is Nc1ncc(-c2ccccc2Cl)c(S)n1. The summed E-state index contributed by atoms with van der Waals surface area (Å²) in [6.07, 6.45) is 1.62. The summed E-state index contributed by atoms with van der Waals surface area (Å²) in [5.74, 6) is 0.204. The number of hydrogen-bond donors (Lipinski definition) is 2. The van der Waals surface area contributed by atoms with Crippen molar-refractivity contribution in [1.82, 2.24) is 9.97 Å². The zero-order valence-electron chi connectivity index (χ0n) is 7.68. The third kappa shape index (κ3) is 2.06. The molecule has 3 nitrogen and oxygen atoms in total. The van der Waals surface area contributed by atoms with Gasteiger partial charge in [-0.25, -0.2) is 9.97 Å². The Morgan fingerprint density at radius 1 is 1.20 bits per heavy atom. The maximum atomic E-state index is 6.05. The average molecular weight is 238 g/mol. The van der Waals surface area contributed by atoms with E-state index in [2.05, 4.69) is 22.6 Å². The Labute approximate surface area is 97.7 Å². The van der Waals surface area contributed by atoms with Gasteiger partial charge in [-0.3, -0.25) is 0 Å². The maximum Gasteiger partial charge on any atom is 0.221 e. The summed E-state index contributed by atoms with van der Waals surface area (Å²) in [5.41, 5.74) is 7.07. The smallest absolute Gasteiger partial charge is 0.221 e. The molecule has 0 spiro atoms. The van der Waals surface area contributed by atoms with Gasteiger partial charge in [-0.1, -0.05) is 29.8 Å². The van der Waals surface area contributed by atoms with E-state index in [9.17, 15) is 0 Å². The largest absolute Gasteiger partial charge is 0.368 e. The molecule has 2 aromatic rings. The summed E-state index contributed by atoms with van der Waals surface area (Å²) in [5, 5.41) is 1.16. The molecule has 0 aliphatic rings. The van der Waals surface area contributed by atoms with E-state index in [1.807, 2.05) is 18.2 Å². The normalized spacial score (nSPS) is 10.3. The second-order valence-corrected chi connectivity index (χ2v) is 3.78. The highest BCUT2D eigenvalue weighted by Gasteiger charge is 2.07. The lowest BCUT2D eigenvalue weighted by molar-refractivity contribution is 1.08. The van der Waals surface area contributed by atoms with Crippen molar-refractivity contribution in [2.75, 3.05) is 5.73 Å². The minimum Gasteiger partial charge on any atom is -0.368 e. The number of aromatic nitrogens is 2. The lowest BCUT2D eigenvalue weighted by Gasteiger charge is -2.06. The van der Waals surface area contributed by atoms with Crippen LogP contribution in [-0.2, 0) is 0 Å². The average Bonchev–Trinajstić information content (AvgIpc) is 2.20. The van der Waals surface area contributed by atoms with Crippen LogP contribution in [0, 0.1) is 0 Å². The summed E-state index contributed by atoms with van der Waals surface area (Å²) in [6, 6.07) is 7.45. The van der Waals surface area contributed by atoms with E-state index in [4.69, 9.17) is 17.3 Å². The first-order valence-electron chi connectivity index (χ1n) is 4.25. The lowest BCUT2D eigenvalue weighted by atomic mass is 10.1. The van der Waals surface area contributed by atoms with Gasteiger partial charge in [-0.05, 0) is 6.07 Å². The third-order valence-corrected chi connectivity index (χ3v) is 2.62. The van der Waals surface area contributed by atoms with Crippen molar-refractivity contribution in [3.8, 4) is 11.1 Å². The molecule has 1 heterocycles. The number of hydrogen-bond acceptors (Lipinski definition) is 4. The number of nitrogen functional groups attached to an aromatic ring is 1. The first-order chi connectivity index (χ1) is 7.18. The van der Waals surface area contributed by atoms with Crippen LogP contribution in [0.1, 0.15) is 0 Å². The van der Waals surface area contributed by atoms with Gasteiger partial charge in [-0.15, -0.1) is 12.6 Å². The molecule has 0 amide bonds. The molecule has 0 saturated carbocycles. The summed E-state index contributed by atoms with van der Waals surface area (Å²) in [4.78, 5) is 7.88. The Hall–Kier alpha value is -1.26. The topological polar surface area (TPSA) is 51.8 Å². The molecule has 0 radical (unpaired) electrons. The molecule has 76 valence electrons. The van der Waals surface area contributed by atoms with Gasteiger partial charge in [0.05, 0.1) is 0 Å². The molecule has 0 saturated heterocycles. The van der Waals surface area contributed by atoms with Gasteiger partial charge in [0.15, 0.2) is 0 Å². The fourth-order valence-corrected chi connectivity index (χ4v) is 1.77. The Kier molecular flexibility index (Phi) is 2.79. The second kappa shape index (κ2) is 4.08. The lowest BCUT2D eigenvalue weighted by Crippen LogP contribution is -1.96. The zero-order valence-corrected chi connectivity index (χ0v) is 9.33. The van der Waals surface area contributed by atoms with Crippen LogP contribution in [0.2, 0.25) is 5.02 Å². The molecule has 0 aliphatic heterocycles. The van der Waals surface area contributed by atoms with Crippen molar-refractivity contribution >= 4 is 30.2 Å². The number of anilines is 1. The van der Waals surface area contributed by atoms with Crippen molar-refractivity contribution < 1.29 is 0 Å². The van der Waals surface area contributed by atoms with Crippen molar-refractivity contribution in [1.29, 1.82) is 0 Å². The molecular formula is C10H8ClN3S. The molecule has 2 N–H and O–H groups in total. The van der Waals surface area contributed by atoms with Crippen molar-refractivity contribution in [3.63, 3.8) is 0 Å². The van der Waals surface area contributed by atoms with Crippen molar-refractivity contribution in [3.05, 3.63) is 35.5 Å². The van der Waals surface area contributed by atoms with Crippen LogP contribution in [0.25, 0.3) is 11.1 Å². The quantitative estimate of drug-likeness (QED) is 0.592. The molecule has 0 aliphatic carbocycles. The van der Waals surface area contributed by atoms with E-state index >= 15 is 0 Å². The van der Waals surface area contributed by atoms with Gasteiger partial charge in [0, 0.05) is 22.3 Å². The molecule has 1 aromatic carbocycles. The Morgan fingerprint density at radius 2 is 1.93 bits per heavy atom. The molecule has 0 atom stereocenters. The summed E-state index contributed by atoms with van der Waals surface area (Å²) in [7, 11) is 0. The first-order valence-corrected chi connectivity index (χ1v) is 5.07. The number of nitrogens with zero attached hydrogens (tertiary/aromatic N) is 2. The van der Waals surface area contributed by atoms with E-state index in [-0.39, 0.29) is 5.95 Å². The summed E-state index contributed by atoms with van der Waals surface area (Å²) in [6.45, 7) is 0. The highest BCUT2D eigenvalue weighted by Crippen LogP contribution is 2.30. The molecule has 0 unspecified atom stereocenters. The summed E-state index contributed by atoms with van der Waals surface area (Å²) >= 11 is 10.3. The van der Waals surface area contributed by atoms with Gasteiger partial charge < -0.3 is 5.73 Å². The highest BCUT2D eigenvalue weighted by atomic mass is 35.5. The van der Waals surface area contributed by atoms with Gasteiger partial charge in [0.1, 0.15) is 5.03 Å². The van der Waals surface area contributed by atoms with Crippen LogP contribution in [0.4, 0.5) is 5.95 Å².